The number of carbonyl (C=O) groups excluding carboxylic acids is 1. The van der Waals surface area contributed by atoms with Crippen LogP contribution in [-0.4, -0.2) is 13.1 Å². The molecule has 0 unspecified atom stereocenters. The molecule has 0 saturated heterocycles. The third-order valence-corrected chi connectivity index (χ3v) is 3.71. The summed E-state index contributed by atoms with van der Waals surface area (Å²) in [5, 5.41) is 0. The van der Waals surface area contributed by atoms with Crippen LogP contribution in [0.15, 0.2) is 24.3 Å². The number of esters is 1. The predicted octanol–water partition coefficient (Wildman–Crippen LogP) is 3.39. The van der Waals surface area contributed by atoms with Gasteiger partial charge in [0.05, 0.1) is 12.5 Å². The van der Waals surface area contributed by atoms with Crippen molar-refractivity contribution < 1.29 is 18.3 Å². The Morgan fingerprint density at radius 2 is 2.06 bits per heavy atom. The van der Waals surface area contributed by atoms with Crippen LogP contribution in [0.25, 0.3) is 0 Å². The average Bonchev–Trinajstić information content (AvgIpc) is 2.26. The number of methoxy groups -OCH3 is 1. The molecule has 1 aromatic carbocycles. The highest BCUT2D eigenvalue weighted by atomic mass is 19.3. The van der Waals surface area contributed by atoms with Gasteiger partial charge in [-0.25, -0.2) is 8.78 Å². The Bertz CT molecular complexity index is 459. The first-order chi connectivity index (χ1) is 8.40. The van der Waals surface area contributed by atoms with Gasteiger partial charge in [-0.3, -0.25) is 4.79 Å². The second-order valence-corrected chi connectivity index (χ2v) is 4.90. The van der Waals surface area contributed by atoms with E-state index < -0.39 is 11.3 Å². The third-order valence-electron chi connectivity index (χ3n) is 3.71. The molecule has 0 N–H and O–H groups in total. The van der Waals surface area contributed by atoms with Crippen LogP contribution in [-0.2, 0) is 20.9 Å². The van der Waals surface area contributed by atoms with Crippen LogP contribution in [0.4, 0.5) is 8.78 Å². The zero-order chi connectivity index (χ0) is 13.4. The molecule has 0 bridgehead atoms. The molecule has 0 atom stereocenters. The van der Waals surface area contributed by atoms with E-state index in [9.17, 15) is 13.6 Å². The van der Waals surface area contributed by atoms with Crippen LogP contribution < -0.4 is 0 Å². The molecule has 1 aliphatic rings. The van der Waals surface area contributed by atoms with Gasteiger partial charge in [0.2, 0.25) is 0 Å². The van der Waals surface area contributed by atoms with E-state index in [0.717, 1.165) is 13.3 Å². The Hall–Kier alpha value is -1.45. The van der Waals surface area contributed by atoms with E-state index in [1.165, 1.54) is 19.2 Å². The standard InChI is InChI=1S/C14H16F2O2/c1-13(15,16)10-5-3-6-11(9-10)14(7-4-8-14)12(17)18-2/h3,5-6,9H,4,7-8H2,1-2H3. The highest BCUT2D eigenvalue weighted by molar-refractivity contribution is 5.84. The Labute approximate surface area is 105 Å². The Morgan fingerprint density at radius 1 is 1.39 bits per heavy atom. The minimum atomic E-state index is -2.89. The van der Waals surface area contributed by atoms with E-state index >= 15 is 0 Å². The van der Waals surface area contributed by atoms with Crippen molar-refractivity contribution in [3.63, 3.8) is 0 Å². The van der Waals surface area contributed by atoms with Crippen molar-refractivity contribution in [3.8, 4) is 0 Å². The molecule has 1 aliphatic carbocycles. The summed E-state index contributed by atoms with van der Waals surface area (Å²) in [5.74, 6) is -3.22. The maximum absolute atomic E-state index is 13.3. The first-order valence-electron chi connectivity index (χ1n) is 5.97. The van der Waals surface area contributed by atoms with Gasteiger partial charge in [0.15, 0.2) is 0 Å². The van der Waals surface area contributed by atoms with Gasteiger partial charge in [0, 0.05) is 12.5 Å². The topological polar surface area (TPSA) is 26.3 Å². The molecule has 2 rings (SSSR count). The smallest absolute Gasteiger partial charge is 0.316 e. The van der Waals surface area contributed by atoms with Crippen LogP contribution in [0, 0.1) is 0 Å². The number of hydrogen-bond donors (Lipinski definition) is 0. The zero-order valence-corrected chi connectivity index (χ0v) is 10.5. The molecule has 4 heteroatoms. The van der Waals surface area contributed by atoms with Crippen molar-refractivity contribution in [3.05, 3.63) is 35.4 Å². The highest BCUT2D eigenvalue weighted by Gasteiger charge is 2.47. The molecule has 0 aromatic heterocycles. The van der Waals surface area contributed by atoms with Gasteiger partial charge in [0.1, 0.15) is 0 Å². The molecule has 0 heterocycles. The molecule has 2 nitrogen and oxygen atoms in total. The number of alkyl halides is 2. The summed E-state index contributed by atoms with van der Waals surface area (Å²) in [6, 6.07) is 6.11. The number of ether oxygens (including phenoxy) is 1. The molecule has 1 fully saturated rings. The number of halogens is 2. The fourth-order valence-corrected chi connectivity index (χ4v) is 2.43. The average molecular weight is 254 g/mol. The molecule has 18 heavy (non-hydrogen) atoms. The number of benzene rings is 1. The lowest BCUT2D eigenvalue weighted by atomic mass is 9.64. The van der Waals surface area contributed by atoms with Crippen LogP contribution >= 0.6 is 0 Å². The highest BCUT2D eigenvalue weighted by Crippen LogP contribution is 2.45. The van der Waals surface area contributed by atoms with Gasteiger partial charge in [0.25, 0.3) is 5.92 Å². The van der Waals surface area contributed by atoms with Crippen molar-refractivity contribution in [1.29, 1.82) is 0 Å². The third kappa shape index (κ3) is 2.00. The lowest BCUT2D eigenvalue weighted by Crippen LogP contribution is -2.43. The van der Waals surface area contributed by atoms with E-state index in [4.69, 9.17) is 4.74 Å². The molecule has 0 aliphatic heterocycles. The van der Waals surface area contributed by atoms with Crippen LogP contribution in [0.5, 0.6) is 0 Å². The lowest BCUT2D eigenvalue weighted by molar-refractivity contribution is -0.151. The number of hydrogen-bond acceptors (Lipinski definition) is 2. The monoisotopic (exact) mass is 254 g/mol. The van der Waals surface area contributed by atoms with Gasteiger partial charge >= 0.3 is 5.97 Å². The molecule has 98 valence electrons. The van der Waals surface area contributed by atoms with E-state index in [0.29, 0.717) is 18.4 Å². The molecule has 0 spiro atoms. The fourth-order valence-electron chi connectivity index (χ4n) is 2.43. The summed E-state index contributed by atoms with van der Waals surface area (Å²) >= 11 is 0. The second kappa shape index (κ2) is 4.34. The first-order valence-corrected chi connectivity index (χ1v) is 5.97. The molecule has 0 amide bonds. The summed E-state index contributed by atoms with van der Waals surface area (Å²) in [6.07, 6.45) is 2.25. The fraction of sp³-hybridized carbons (Fsp3) is 0.500. The maximum atomic E-state index is 13.3. The minimum absolute atomic E-state index is 0.0600. The summed E-state index contributed by atoms with van der Waals surface area (Å²) in [7, 11) is 1.33. The summed E-state index contributed by atoms with van der Waals surface area (Å²) in [5.41, 5.74) is -0.134. The van der Waals surface area contributed by atoms with Gasteiger partial charge in [-0.05, 0) is 24.5 Å². The van der Waals surface area contributed by atoms with Gasteiger partial charge in [-0.2, -0.15) is 0 Å². The first kappa shape index (κ1) is 13.0. The lowest BCUT2D eigenvalue weighted by Gasteiger charge is -2.39. The maximum Gasteiger partial charge on any atom is 0.316 e. The Balaban J connectivity index is 2.41. The van der Waals surface area contributed by atoms with Crippen LogP contribution in [0.1, 0.15) is 37.3 Å². The second-order valence-electron chi connectivity index (χ2n) is 4.90. The molecule has 0 radical (unpaired) electrons. The zero-order valence-electron chi connectivity index (χ0n) is 10.5. The van der Waals surface area contributed by atoms with Crippen molar-refractivity contribution in [2.45, 2.75) is 37.5 Å². The summed E-state index contributed by atoms with van der Waals surface area (Å²) in [6.45, 7) is 0.859. The largest absolute Gasteiger partial charge is 0.468 e. The van der Waals surface area contributed by atoms with Crippen molar-refractivity contribution in [1.82, 2.24) is 0 Å². The molecular weight excluding hydrogens is 238 g/mol. The van der Waals surface area contributed by atoms with Gasteiger partial charge < -0.3 is 4.74 Å². The minimum Gasteiger partial charge on any atom is -0.468 e. The molecule has 1 aromatic rings. The summed E-state index contributed by atoms with van der Waals surface area (Å²) < 4.78 is 31.4. The van der Waals surface area contributed by atoms with Gasteiger partial charge in [-0.15, -0.1) is 0 Å². The van der Waals surface area contributed by atoms with Crippen molar-refractivity contribution in [2.75, 3.05) is 7.11 Å². The van der Waals surface area contributed by atoms with Crippen molar-refractivity contribution >= 4 is 5.97 Å². The van der Waals surface area contributed by atoms with E-state index in [2.05, 4.69) is 0 Å². The molecular formula is C14H16F2O2. The van der Waals surface area contributed by atoms with Crippen LogP contribution in [0.2, 0.25) is 0 Å². The summed E-state index contributed by atoms with van der Waals surface area (Å²) in [4.78, 5) is 11.9. The quantitative estimate of drug-likeness (QED) is 0.773. The van der Waals surface area contributed by atoms with Gasteiger partial charge in [-0.1, -0.05) is 24.6 Å². The number of rotatable bonds is 3. The van der Waals surface area contributed by atoms with E-state index in [-0.39, 0.29) is 11.5 Å². The normalized spacial score (nSPS) is 18.0. The Kier molecular flexibility index (Phi) is 3.13. The SMILES string of the molecule is COC(=O)C1(c2cccc(C(C)(F)F)c2)CCC1. The Morgan fingerprint density at radius 3 is 2.50 bits per heavy atom. The van der Waals surface area contributed by atoms with Crippen molar-refractivity contribution in [2.24, 2.45) is 0 Å². The number of carbonyl (C=O) groups is 1. The van der Waals surface area contributed by atoms with E-state index in [1.54, 1.807) is 12.1 Å². The van der Waals surface area contributed by atoms with E-state index in [1.807, 2.05) is 0 Å². The predicted molar refractivity (Wildman–Crippen MR) is 63.6 cm³/mol. The molecule has 1 saturated carbocycles. The van der Waals surface area contributed by atoms with Crippen LogP contribution in [0.3, 0.4) is 0 Å².